The first-order chi connectivity index (χ1) is 11.5. The zero-order chi connectivity index (χ0) is 17.3. The Morgan fingerprint density at radius 2 is 2.21 bits per heavy atom. The lowest BCUT2D eigenvalue weighted by Crippen LogP contribution is -2.54. The molecule has 1 saturated heterocycles. The fourth-order valence-electron chi connectivity index (χ4n) is 2.87. The van der Waals surface area contributed by atoms with Gasteiger partial charge in [-0.3, -0.25) is 14.9 Å². The summed E-state index contributed by atoms with van der Waals surface area (Å²) in [5, 5.41) is 12.3. The average Bonchev–Trinajstić information content (AvgIpc) is 3.04. The fraction of sp³-hybridized carbons (Fsp3) is 0.375. The van der Waals surface area contributed by atoms with Gasteiger partial charge < -0.3 is 9.80 Å². The summed E-state index contributed by atoms with van der Waals surface area (Å²) >= 11 is 0.983. The van der Waals surface area contributed by atoms with Crippen LogP contribution in [0.2, 0.25) is 0 Å². The van der Waals surface area contributed by atoms with Crippen LogP contribution in [-0.4, -0.2) is 46.4 Å². The molecule has 1 aliphatic heterocycles. The number of thiophene rings is 1. The summed E-state index contributed by atoms with van der Waals surface area (Å²) in [4.78, 5) is 31.4. The first-order valence-corrected chi connectivity index (χ1v) is 8.56. The van der Waals surface area contributed by atoms with Gasteiger partial charge in [-0.1, -0.05) is 17.4 Å². The zero-order valence-electron chi connectivity index (χ0n) is 13.5. The Balaban J connectivity index is 1.71. The molecule has 0 N–H and O–H groups in total. The zero-order valence-corrected chi connectivity index (χ0v) is 14.3. The highest BCUT2D eigenvalue weighted by Gasteiger charge is 2.30. The van der Waals surface area contributed by atoms with Crippen molar-refractivity contribution in [3.05, 3.63) is 51.0 Å². The third-order valence-electron chi connectivity index (χ3n) is 4.10. The molecule has 24 heavy (non-hydrogen) atoms. The first-order valence-electron chi connectivity index (χ1n) is 7.68. The molecule has 2 aromatic rings. The van der Waals surface area contributed by atoms with Crippen molar-refractivity contribution in [1.29, 1.82) is 0 Å². The van der Waals surface area contributed by atoms with Crippen molar-refractivity contribution < 1.29 is 9.72 Å². The molecular weight excluding hydrogens is 328 g/mol. The van der Waals surface area contributed by atoms with Crippen LogP contribution in [0.25, 0.3) is 0 Å². The third-order valence-corrected chi connectivity index (χ3v) is 4.98. The number of aryl methyl sites for hydroxylation is 1. The molecule has 0 unspecified atom stereocenters. The van der Waals surface area contributed by atoms with E-state index >= 15 is 0 Å². The van der Waals surface area contributed by atoms with Crippen molar-refractivity contribution in [3.8, 4) is 0 Å². The summed E-state index contributed by atoms with van der Waals surface area (Å²) < 4.78 is 0. The van der Waals surface area contributed by atoms with Crippen LogP contribution in [0.4, 0.5) is 10.8 Å². The number of amides is 1. The molecule has 1 amide bonds. The van der Waals surface area contributed by atoms with Gasteiger partial charge in [0.05, 0.1) is 10.5 Å². The van der Waals surface area contributed by atoms with Crippen molar-refractivity contribution in [2.45, 2.75) is 19.9 Å². The van der Waals surface area contributed by atoms with Gasteiger partial charge in [-0.2, -0.15) is 0 Å². The lowest BCUT2D eigenvalue weighted by molar-refractivity contribution is -0.380. The van der Waals surface area contributed by atoms with Gasteiger partial charge in [-0.15, -0.1) is 0 Å². The van der Waals surface area contributed by atoms with E-state index in [0.29, 0.717) is 25.2 Å². The Kier molecular flexibility index (Phi) is 4.48. The monoisotopic (exact) mass is 346 g/mol. The lowest BCUT2D eigenvalue weighted by Gasteiger charge is -2.40. The summed E-state index contributed by atoms with van der Waals surface area (Å²) in [6.07, 6.45) is 0. The van der Waals surface area contributed by atoms with Crippen molar-refractivity contribution in [1.82, 2.24) is 9.88 Å². The Morgan fingerprint density at radius 3 is 2.83 bits per heavy atom. The first kappa shape index (κ1) is 16.4. The summed E-state index contributed by atoms with van der Waals surface area (Å²) in [7, 11) is 0. The molecule has 0 saturated carbocycles. The molecule has 0 bridgehead atoms. The molecule has 7 nitrogen and oxygen atoms in total. The van der Waals surface area contributed by atoms with E-state index < -0.39 is 4.92 Å². The second-order valence-electron chi connectivity index (χ2n) is 5.86. The summed E-state index contributed by atoms with van der Waals surface area (Å²) in [5.74, 6) is 0.767. The highest BCUT2D eigenvalue weighted by molar-refractivity contribution is 7.13. The third kappa shape index (κ3) is 3.23. The van der Waals surface area contributed by atoms with E-state index in [-0.39, 0.29) is 17.0 Å². The second kappa shape index (κ2) is 6.56. The van der Waals surface area contributed by atoms with E-state index in [1.165, 1.54) is 6.07 Å². The molecule has 126 valence electrons. The number of nitro groups is 1. The maximum atomic E-state index is 12.6. The van der Waals surface area contributed by atoms with Crippen LogP contribution < -0.4 is 4.90 Å². The Bertz CT molecular complexity index is 776. The Labute approximate surface area is 143 Å². The number of hydrogen-bond acceptors (Lipinski definition) is 6. The normalized spacial score (nSPS) is 17.8. The van der Waals surface area contributed by atoms with Gasteiger partial charge in [-0.25, -0.2) is 4.98 Å². The number of nitrogens with zero attached hydrogens (tertiary/aromatic N) is 4. The molecule has 0 aliphatic carbocycles. The summed E-state index contributed by atoms with van der Waals surface area (Å²) in [6, 6.07) is 7.27. The quantitative estimate of drug-likeness (QED) is 0.630. The van der Waals surface area contributed by atoms with E-state index in [9.17, 15) is 14.9 Å². The number of anilines is 1. The SMILES string of the molecule is Cc1cccc(N2CCN(C(=O)c3csc([N+](=O)[O-])c3)[C@H](C)C2)n1. The molecule has 1 atom stereocenters. The fourth-order valence-corrected chi connectivity index (χ4v) is 3.57. The highest BCUT2D eigenvalue weighted by atomic mass is 32.1. The predicted octanol–water partition coefficient (Wildman–Crippen LogP) is 2.71. The van der Waals surface area contributed by atoms with Gasteiger partial charge in [0.15, 0.2) is 0 Å². The Hall–Kier alpha value is -2.48. The van der Waals surface area contributed by atoms with Crippen LogP contribution in [-0.2, 0) is 0 Å². The maximum Gasteiger partial charge on any atom is 0.324 e. The molecule has 8 heteroatoms. The van der Waals surface area contributed by atoms with Gasteiger partial charge in [0.25, 0.3) is 5.91 Å². The van der Waals surface area contributed by atoms with Crippen molar-refractivity contribution in [3.63, 3.8) is 0 Å². The second-order valence-corrected chi connectivity index (χ2v) is 6.75. The molecule has 3 heterocycles. The van der Waals surface area contributed by atoms with Crippen LogP contribution in [0.15, 0.2) is 29.6 Å². The number of carbonyl (C=O) groups excluding carboxylic acids is 1. The van der Waals surface area contributed by atoms with Gasteiger partial charge in [0.2, 0.25) is 0 Å². The van der Waals surface area contributed by atoms with Crippen LogP contribution in [0, 0.1) is 17.0 Å². The van der Waals surface area contributed by atoms with Crippen LogP contribution in [0.3, 0.4) is 0 Å². The van der Waals surface area contributed by atoms with Crippen LogP contribution in [0.5, 0.6) is 0 Å². The standard InChI is InChI=1S/C16H18N4O3S/c1-11-4-3-5-14(17-11)18-6-7-19(12(2)9-18)16(21)13-8-15(20(22)23)24-10-13/h3-5,8,10,12H,6-7,9H2,1-2H3/t12-/m1/s1. The lowest BCUT2D eigenvalue weighted by atomic mass is 10.1. The van der Waals surface area contributed by atoms with E-state index in [1.54, 1.807) is 10.3 Å². The van der Waals surface area contributed by atoms with Gasteiger partial charge >= 0.3 is 5.00 Å². The van der Waals surface area contributed by atoms with E-state index in [1.807, 2.05) is 32.0 Å². The predicted molar refractivity (Wildman–Crippen MR) is 92.7 cm³/mol. The van der Waals surface area contributed by atoms with Gasteiger partial charge in [0, 0.05) is 42.8 Å². The molecule has 0 radical (unpaired) electrons. The summed E-state index contributed by atoms with van der Waals surface area (Å²) in [6.45, 7) is 5.89. The van der Waals surface area contributed by atoms with E-state index in [0.717, 1.165) is 22.8 Å². The van der Waals surface area contributed by atoms with Crippen LogP contribution >= 0.6 is 11.3 Å². The number of pyridine rings is 1. The minimum atomic E-state index is -0.466. The Morgan fingerprint density at radius 1 is 1.42 bits per heavy atom. The molecule has 3 rings (SSSR count). The van der Waals surface area contributed by atoms with E-state index in [2.05, 4.69) is 9.88 Å². The van der Waals surface area contributed by atoms with Crippen molar-refractivity contribution in [2.24, 2.45) is 0 Å². The smallest absolute Gasteiger partial charge is 0.324 e. The van der Waals surface area contributed by atoms with Gasteiger partial charge in [0.1, 0.15) is 5.82 Å². The average molecular weight is 346 g/mol. The number of hydrogen-bond donors (Lipinski definition) is 0. The topological polar surface area (TPSA) is 79.6 Å². The van der Waals surface area contributed by atoms with Gasteiger partial charge in [-0.05, 0) is 26.0 Å². The summed E-state index contributed by atoms with van der Waals surface area (Å²) in [5.41, 5.74) is 1.35. The highest BCUT2D eigenvalue weighted by Crippen LogP contribution is 2.25. The minimum Gasteiger partial charge on any atom is -0.353 e. The largest absolute Gasteiger partial charge is 0.353 e. The number of rotatable bonds is 3. The molecule has 2 aromatic heterocycles. The molecule has 0 aromatic carbocycles. The number of piperazine rings is 1. The molecule has 1 fully saturated rings. The van der Waals surface area contributed by atoms with Crippen molar-refractivity contribution >= 4 is 28.1 Å². The number of carbonyl (C=O) groups is 1. The number of aromatic nitrogens is 1. The van der Waals surface area contributed by atoms with E-state index in [4.69, 9.17) is 0 Å². The van der Waals surface area contributed by atoms with Crippen molar-refractivity contribution in [2.75, 3.05) is 24.5 Å². The maximum absolute atomic E-state index is 12.6. The van der Waals surface area contributed by atoms with Crippen LogP contribution in [0.1, 0.15) is 23.0 Å². The molecule has 0 spiro atoms. The molecule has 1 aliphatic rings. The molecular formula is C16H18N4O3S. The minimum absolute atomic E-state index is 0.00593.